The van der Waals surface area contributed by atoms with Crippen molar-refractivity contribution >= 4 is 15.9 Å². The molecular formula is C22H25F3N2O3S. The molecule has 31 heavy (non-hydrogen) atoms. The molecule has 3 rings (SSSR count). The molecule has 9 heteroatoms. The number of rotatable bonds is 6. The van der Waals surface area contributed by atoms with Gasteiger partial charge in [0.05, 0.1) is 10.5 Å². The van der Waals surface area contributed by atoms with Crippen molar-refractivity contribution in [2.75, 3.05) is 26.2 Å². The van der Waals surface area contributed by atoms with E-state index in [-0.39, 0.29) is 37.0 Å². The van der Waals surface area contributed by atoms with E-state index in [4.69, 9.17) is 0 Å². The first-order valence-electron chi connectivity index (χ1n) is 10.1. The van der Waals surface area contributed by atoms with E-state index in [1.807, 2.05) is 31.2 Å². The van der Waals surface area contributed by atoms with Crippen molar-refractivity contribution in [2.45, 2.75) is 37.3 Å². The van der Waals surface area contributed by atoms with Gasteiger partial charge in [0.2, 0.25) is 15.9 Å². The summed E-state index contributed by atoms with van der Waals surface area (Å²) in [6.07, 6.45) is -2.76. The van der Waals surface area contributed by atoms with Crippen LogP contribution in [-0.2, 0) is 27.4 Å². The fourth-order valence-electron chi connectivity index (χ4n) is 3.52. The van der Waals surface area contributed by atoms with Gasteiger partial charge in [-0.3, -0.25) is 4.79 Å². The number of carbonyl (C=O) groups excluding carboxylic acids is 1. The smallest absolute Gasteiger partial charge is 0.340 e. The summed E-state index contributed by atoms with van der Waals surface area (Å²) in [5.74, 6) is -0.0387. The summed E-state index contributed by atoms with van der Waals surface area (Å²) in [6, 6.07) is 11.9. The molecule has 1 aliphatic rings. The number of amides is 1. The second kappa shape index (κ2) is 9.40. The molecule has 0 radical (unpaired) electrons. The highest BCUT2D eigenvalue weighted by Gasteiger charge is 2.34. The van der Waals surface area contributed by atoms with Crippen molar-refractivity contribution < 1.29 is 26.4 Å². The zero-order valence-corrected chi connectivity index (χ0v) is 18.0. The molecule has 1 amide bonds. The SMILES string of the molecule is Cc1ccc(CCCC(=O)N2CCN(S(=O)(=O)c3cccc(C(F)(F)F)c3)CC2)cc1. The fraction of sp³-hybridized carbons (Fsp3) is 0.409. The predicted octanol–water partition coefficient (Wildman–Crippen LogP) is 3.87. The van der Waals surface area contributed by atoms with Gasteiger partial charge in [-0.05, 0) is 43.5 Å². The van der Waals surface area contributed by atoms with Gasteiger partial charge >= 0.3 is 6.18 Å². The van der Waals surface area contributed by atoms with Crippen LogP contribution >= 0.6 is 0 Å². The number of benzene rings is 2. The maximum absolute atomic E-state index is 12.9. The molecule has 0 spiro atoms. The Hall–Kier alpha value is -2.39. The number of nitrogens with zero attached hydrogens (tertiary/aromatic N) is 2. The normalized spacial score (nSPS) is 15.8. The standard InChI is InChI=1S/C22H25F3N2O3S/c1-17-8-10-18(11-9-17)4-2-7-21(28)26-12-14-27(15-13-26)31(29,30)20-6-3-5-19(16-20)22(23,24)25/h3,5-6,8-11,16H,2,4,7,12-15H2,1H3. The molecule has 5 nitrogen and oxygen atoms in total. The average molecular weight is 455 g/mol. The molecule has 0 atom stereocenters. The lowest BCUT2D eigenvalue weighted by atomic mass is 10.1. The maximum Gasteiger partial charge on any atom is 0.416 e. The van der Waals surface area contributed by atoms with E-state index < -0.39 is 21.8 Å². The van der Waals surface area contributed by atoms with Gasteiger partial charge in [-0.2, -0.15) is 17.5 Å². The molecule has 0 saturated carbocycles. The number of sulfonamides is 1. The first-order valence-corrected chi connectivity index (χ1v) is 11.5. The fourth-order valence-corrected chi connectivity index (χ4v) is 4.98. The molecule has 0 aliphatic carbocycles. The summed E-state index contributed by atoms with van der Waals surface area (Å²) in [6.45, 7) is 2.58. The van der Waals surface area contributed by atoms with Gasteiger partial charge in [0.15, 0.2) is 0 Å². The number of halogens is 3. The van der Waals surface area contributed by atoms with Gasteiger partial charge in [-0.1, -0.05) is 35.9 Å². The van der Waals surface area contributed by atoms with E-state index in [1.54, 1.807) is 4.90 Å². The molecule has 1 saturated heterocycles. The van der Waals surface area contributed by atoms with Crippen molar-refractivity contribution in [1.29, 1.82) is 0 Å². The summed E-state index contributed by atoms with van der Waals surface area (Å²) in [7, 11) is -4.06. The van der Waals surface area contributed by atoms with Crippen molar-refractivity contribution in [2.24, 2.45) is 0 Å². The van der Waals surface area contributed by atoms with E-state index in [0.29, 0.717) is 18.9 Å². The average Bonchev–Trinajstić information content (AvgIpc) is 2.74. The van der Waals surface area contributed by atoms with E-state index in [2.05, 4.69) is 0 Å². The van der Waals surface area contributed by atoms with Gasteiger partial charge in [-0.15, -0.1) is 0 Å². The third-order valence-corrected chi connectivity index (χ3v) is 7.26. The third kappa shape index (κ3) is 5.86. The largest absolute Gasteiger partial charge is 0.416 e. The Morgan fingerprint density at radius 1 is 1.00 bits per heavy atom. The number of aryl methyl sites for hydroxylation is 2. The van der Waals surface area contributed by atoms with Gasteiger partial charge in [-0.25, -0.2) is 8.42 Å². The summed E-state index contributed by atoms with van der Waals surface area (Å²) in [5.41, 5.74) is 1.34. The monoisotopic (exact) mass is 454 g/mol. The van der Waals surface area contributed by atoms with E-state index in [9.17, 15) is 26.4 Å². The van der Waals surface area contributed by atoms with Crippen LogP contribution in [0, 0.1) is 6.92 Å². The van der Waals surface area contributed by atoms with Crippen LogP contribution in [0.5, 0.6) is 0 Å². The molecule has 0 aromatic heterocycles. The first-order chi connectivity index (χ1) is 14.6. The minimum absolute atomic E-state index is 0.0387. The van der Waals surface area contributed by atoms with Gasteiger partial charge < -0.3 is 4.90 Å². The maximum atomic E-state index is 12.9. The van der Waals surface area contributed by atoms with Crippen molar-refractivity contribution in [3.63, 3.8) is 0 Å². The molecule has 0 N–H and O–H groups in total. The highest BCUT2D eigenvalue weighted by atomic mass is 32.2. The van der Waals surface area contributed by atoms with Gasteiger partial charge in [0.25, 0.3) is 0 Å². The lowest BCUT2D eigenvalue weighted by Gasteiger charge is -2.34. The number of hydrogen-bond donors (Lipinski definition) is 0. The van der Waals surface area contributed by atoms with E-state index in [0.717, 1.165) is 34.5 Å². The zero-order chi connectivity index (χ0) is 22.6. The summed E-state index contributed by atoms with van der Waals surface area (Å²) < 4.78 is 65.4. The minimum Gasteiger partial charge on any atom is -0.340 e. The van der Waals surface area contributed by atoms with E-state index >= 15 is 0 Å². The Kier molecular flexibility index (Phi) is 7.06. The molecule has 2 aromatic rings. The van der Waals surface area contributed by atoms with Crippen LogP contribution in [-0.4, -0.2) is 49.7 Å². The van der Waals surface area contributed by atoms with Crippen LogP contribution in [0.2, 0.25) is 0 Å². The Balaban J connectivity index is 1.53. The molecule has 1 aliphatic heterocycles. The Bertz CT molecular complexity index is 1010. The second-order valence-electron chi connectivity index (χ2n) is 7.65. The van der Waals surface area contributed by atoms with Crippen LogP contribution in [0.3, 0.4) is 0 Å². The summed E-state index contributed by atoms with van der Waals surface area (Å²) in [5, 5.41) is 0. The Morgan fingerprint density at radius 3 is 2.26 bits per heavy atom. The lowest BCUT2D eigenvalue weighted by Crippen LogP contribution is -2.50. The van der Waals surface area contributed by atoms with Crippen molar-refractivity contribution in [1.82, 2.24) is 9.21 Å². The van der Waals surface area contributed by atoms with Crippen LogP contribution in [0.4, 0.5) is 13.2 Å². The molecular weight excluding hydrogens is 429 g/mol. The predicted molar refractivity (Wildman–Crippen MR) is 111 cm³/mol. The molecule has 1 heterocycles. The van der Waals surface area contributed by atoms with Crippen LogP contribution < -0.4 is 0 Å². The Labute approximate surface area is 180 Å². The number of hydrogen-bond acceptors (Lipinski definition) is 3. The van der Waals surface area contributed by atoms with Gasteiger partial charge in [0, 0.05) is 32.6 Å². The van der Waals surface area contributed by atoms with Crippen LogP contribution in [0.1, 0.15) is 29.5 Å². The lowest BCUT2D eigenvalue weighted by molar-refractivity contribution is -0.137. The van der Waals surface area contributed by atoms with Crippen molar-refractivity contribution in [3.8, 4) is 0 Å². The molecule has 2 aromatic carbocycles. The topological polar surface area (TPSA) is 57.7 Å². The number of carbonyl (C=O) groups is 1. The van der Waals surface area contributed by atoms with Crippen LogP contribution in [0.25, 0.3) is 0 Å². The van der Waals surface area contributed by atoms with E-state index in [1.165, 1.54) is 5.56 Å². The quantitative estimate of drug-likeness (QED) is 0.666. The first kappa shape index (κ1) is 23.3. The molecule has 168 valence electrons. The summed E-state index contributed by atoms with van der Waals surface area (Å²) in [4.78, 5) is 13.7. The highest BCUT2D eigenvalue weighted by molar-refractivity contribution is 7.89. The van der Waals surface area contributed by atoms with Crippen molar-refractivity contribution in [3.05, 3.63) is 65.2 Å². The van der Waals surface area contributed by atoms with Gasteiger partial charge in [0.1, 0.15) is 0 Å². The second-order valence-corrected chi connectivity index (χ2v) is 9.59. The molecule has 0 unspecified atom stereocenters. The highest BCUT2D eigenvalue weighted by Crippen LogP contribution is 2.31. The third-order valence-electron chi connectivity index (χ3n) is 5.37. The zero-order valence-electron chi connectivity index (χ0n) is 17.2. The van der Waals surface area contributed by atoms with Crippen LogP contribution in [0.15, 0.2) is 53.4 Å². The number of piperazine rings is 1. The minimum atomic E-state index is -4.62. The molecule has 0 bridgehead atoms. The Morgan fingerprint density at radius 2 is 1.65 bits per heavy atom. The number of alkyl halides is 3. The summed E-state index contributed by atoms with van der Waals surface area (Å²) >= 11 is 0. The molecule has 1 fully saturated rings.